The Morgan fingerprint density at radius 2 is 2.03 bits per heavy atom. The van der Waals surface area contributed by atoms with E-state index in [1.807, 2.05) is 24.0 Å². The molecular formula is C27H25ClFN7O3. The highest BCUT2D eigenvalue weighted by Gasteiger charge is 2.23. The van der Waals surface area contributed by atoms with Crippen LogP contribution in [0.3, 0.4) is 0 Å². The van der Waals surface area contributed by atoms with Gasteiger partial charge in [-0.3, -0.25) is 14.1 Å². The number of carbonyl (C=O) groups excluding carboxylic acids is 1. The fraction of sp³-hybridized carbons (Fsp3) is 0.259. The number of carbonyl (C=O) groups is 1. The molecule has 10 nitrogen and oxygen atoms in total. The van der Waals surface area contributed by atoms with Gasteiger partial charge in [-0.15, -0.1) is 0 Å². The maximum absolute atomic E-state index is 14.8. The summed E-state index contributed by atoms with van der Waals surface area (Å²) in [5.74, 6) is -0.434. The predicted molar refractivity (Wildman–Crippen MR) is 144 cm³/mol. The summed E-state index contributed by atoms with van der Waals surface area (Å²) in [6.45, 7) is 3.99. The number of aliphatic hydroxyl groups is 1. The lowest BCUT2D eigenvalue weighted by Crippen LogP contribution is -2.48. The van der Waals surface area contributed by atoms with E-state index in [9.17, 15) is 14.3 Å². The van der Waals surface area contributed by atoms with Gasteiger partial charge in [0.05, 0.1) is 23.6 Å². The zero-order valence-electron chi connectivity index (χ0n) is 21.1. The SMILES string of the molecule is Cc1cc(Nc2nccn3c(-c4ccc(OCC#N)c(F)c4Cl)cnc23)ccc1C(=O)N1CCN(CO)CC1. The van der Waals surface area contributed by atoms with Gasteiger partial charge < -0.3 is 20.1 Å². The molecule has 1 aliphatic heterocycles. The number of nitrogens with one attached hydrogen (secondary N) is 1. The van der Waals surface area contributed by atoms with Gasteiger partial charge in [0.2, 0.25) is 0 Å². The van der Waals surface area contributed by atoms with Gasteiger partial charge >= 0.3 is 0 Å². The van der Waals surface area contributed by atoms with Crippen LogP contribution in [0.4, 0.5) is 15.9 Å². The topological polar surface area (TPSA) is 119 Å². The maximum Gasteiger partial charge on any atom is 0.254 e. The van der Waals surface area contributed by atoms with E-state index in [0.717, 1.165) is 11.3 Å². The molecular weight excluding hydrogens is 525 g/mol. The molecule has 2 aromatic heterocycles. The molecule has 1 amide bonds. The Morgan fingerprint density at radius 3 is 2.74 bits per heavy atom. The van der Waals surface area contributed by atoms with Crippen LogP contribution in [0.2, 0.25) is 5.02 Å². The lowest BCUT2D eigenvalue weighted by Gasteiger charge is -2.33. The van der Waals surface area contributed by atoms with Crippen molar-refractivity contribution in [3.63, 3.8) is 0 Å². The number of halogens is 2. The highest BCUT2D eigenvalue weighted by Crippen LogP contribution is 2.36. The average molecular weight is 550 g/mol. The number of hydrogen-bond donors (Lipinski definition) is 2. The number of piperazine rings is 1. The van der Waals surface area contributed by atoms with Crippen molar-refractivity contribution in [3.8, 4) is 23.1 Å². The number of ether oxygens (including phenoxy) is 1. The monoisotopic (exact) mass is 549 g/mol. The molecule has 3 heterocycles. The lowest BCUT2D eigenvalue weighted by molar-refractivity contribution is 0.0422. The third-order valence-corrected chi connectivity index (χ3v) is 6.99. The minimum absolute atomic E-state index is 0.00522. The second-order valence-electron chi connectivity index (χ2n) is 9.01. The maximum atomic E-state index is 14.8. The van der Waals surface area contributed by atoms with E-state index in [1.54, 1.807) is 46.1 Å². The number of fused-ring (bicyclic) bond motifs is 1. The van der Waals surface area contributed by atoms with Crippen molar-refractivity contribution >= 4 is 34.7 Å². The molecule has 4 aromatic rings. The lowest BCUT2D eigenvalue weighted by atomic mass is 10.1. The summed E-state index contributed by atoms with van der Waals surface area (Å²) in [6, 6.07) is 10.3. The van der Waals surface area contributed by atoms with E-state index in [2.05, 4.69) is 15.3 Å². The summed E-state index contributed by atoms with van der Waals surface area (Å²) >= 11 is 6.31. The van der Waals surface area contributed by atoms with Crippen LogP contribution < -0.4 is 10.1 Å². The first-order valence-electron chi connectivity index (χ1n) is 12.2. The van der Waals surface area contributed by atoms with Crippen LogP contribution in [0.5, 0.6) is 5.75 Å². The van der Waals surface area contributed by atoms with E-state index in [1.165, 1.54) is 6.07 Å². The number of rotatable bonds is 7. The highest BCUT2D eigenvalue weighted by atomic mass is 35.5. The van der Waals surface area contributed by atoms with Gasteiger partial charge in [0.1, 0.15) is 6.07 Å². The highest BCUT2D eigenvalue weighted by molar-refractivity contribution is 6.33. The number of imidazole rings is 1. The standard InChI is InChI=1S/C27H25ClFN7O3/c1-17-14-18(2-3-19(17)27(38)35-11-9-34(16-37)10-12-35)33-25-26-32-15-21(36(26)8-7-31-25)20-4-5-22(39-13-6-30)24(29)23(20)28/h2-5,7-8,14-15,37H,9-13,16H2,1H3,(H,31,33). The Morgan fingerprint density at radius 1 is 1.23 bits per heavy atom. The molecule has 0 saturated carbocycles. The number of aryl methyl sites for hydroxylation is 1. The number of aromatic nitrogens is 3. The molecule has 0 aliphatic carbocycles. The van der Waals surface area contributed by atoms with Gasteiger partial charge in [0.15, 0.2) is 29.6 Å². The Labute approximate surface area is 228 Å². The summed E-state index contributed by atoms with van der Waals surface area (Å²) in [4.78, 5) is 25.6. The van der Waals surface area contributed by atoms with Crippen LogP contribution in [-0.2, 0) is 0 Å². The van der Waals surface area contributed by atoms with Crippen LogP contribution >= 0.6 is 11.6 Å². The van der Waals surface area contributed by atoms with Crippen molar-refractivity contribution in [3.05, 3.63) is 70.9 Å². The molecule has 0 atom stereocenters. The van der Waals surface area contributed by atoms with Crippen LogP contribution in [0.25, 0.3) is 16.9 Å². The van der Waals surface area contributed by atoms with Gasteiger partial charge in [-0.25, -0.2) is 14.4 Å². The average Bonchev–Trinajstić information content (AvgIpc) is 3.38. The second-order valence-corrected chi connectivity index (χ2v) is 9.38. The van der Waals surface area contributed by atoms with Crippen molar-refractivity contribution in [2.24, 2.45) is 0 Å². The molecule has 2 aromatic carbocycles. The summed E-state index contributed by atoms with van der Waals surface area (Å²) < 4.78 is 21.6. The number of anilines is 2. The summed E-state index contributed by atoms with van der Waals surface area (Å²) in [5, 5.41) is 21.1. The Kier molecular flexibility index (Phi) is 7.60. The number of aliphatic hydroxyl groups excluding tert-OH is 1. The summed E-state index contributed by atoms with van der Waals surface area (Å²) in [7, 11) is 0. The van der Waals surface area contributed by atoms with Gasteiger partial charge in [-0.2, -0.15) is 5.26 Å². The van der Waals surface area contributed by atoms with E-state index < -0.39 is 5.82 Å². The normalized spacial score (nSPS) is 13.9. The Hall–Kier alpha value is -4.24. The van der Waals surface area contributed by atoms with Crippen LogP contribution in [0, 0.1) is 24.1 Å². The molecule has 1 saturated heterocycles. The van der Waals surface area contributed by atoms with Crippen LogP contribution in [-0.4, -0.2) is 74.7 Å². The summed E-state index contributed by atoms with van der Waals surface area (Å²) in [6.07, 6.45) is 4.86. The quantitative estimate of drug-likeness (QED) is 0.357. The van der Waals surface area contributed by atoms with Crippen molar-refractivity contribution in [1.29, 1.82) is 5.26 Å². The van der Waals surface area contributed by atoms with Gasteiger partial charge in [-0.05, 0) is 42.8 Å². The third kappa shape index (κ3) is 5.22. The Bertz CT molecular complexity index is 1580. The van der Waals surface area contributed by atoms with E-state index >= 15 is 0 Å². The van der Waals surface area contributed by atoms with Gasteiger partial charge in [-0.1, -0.05) is 11.6 Å². The molecule has 200 valence electrons. The number of amides is 1. The predicted octanol–water partition coefficient (Wildman–Crippen LogP) is 3.85. The first-order valence-corrected chi connectivity index (χ1v) is 12.6. The van der Waals surface area contributed by atoms with Crippen molar-refractivity contribution in [2.45, 2.75) is 6.92 Å². The van der Waals surface area contributed by atoms with E-state index in [0.29, 0.717) is 54.5 Å². The van der Waals surface area contributed by atoms with Crippen molar-refractivity contribution < 1.29 is 19.0 Å². The third-order valence-electron chi connectivity index (χ3n) is 6.62. The minimum Gasteiger partial charge on any atom is -0.476 e. The molecule has 39 heavy (non-hydrogen) atoms. The molecule has 1 aliphatic rings. The zero-order valence-corrected chi connectivity index (χ0v) is 21.8. The van der Waals surface area contributed by atoms with Crippen LogP contribution in [0.15, 0.2) is 48.9 Å². The smallest absolute Gasteiger partial charge is 0.254 e. The molecule has 12 heteroatoms. The minimum atomic E-state index is -0.757. The zero-order chi connectivity index (χ0) is 27.5. The number of nitrogens with zero attached hydrogens (tertiary/aromatic N) is 6. The fourth-order valence-electron chi connectivity index (χ4n) is 4.54. The van der Waals surface area contributed by atoms with Crippen LogP contribution in [0.1, 0.15) is 15.9 Å². The van der Waals surface area contributed by atoms with Gasteiger partial charge in [0, 0.05) is 55.4 Å². The first kappa shape index (κ1) is 26.4. The first-order chi connectivity index (χ1) is 18.9. The van der Waals surface area contributed by atoms with E-state index in [4.69, 9.17) is 21.6 Å². The summed E-state index contributed by atoms with van der Waals surface area (Å²) in [5.41, 5.74) is 3.60. The number of nitriles is 1. The molecule has 0 radical (unpaired) electrons. The fourth-order valence-corrected chi connectivity index (χ4v) is 4.79. The Balaban J connectivity index is 1.38. The van der Waals surface area contributed by atoms with E-state index in [-0.39, 0.29) is 30.0 Å². The molecule has 0 bridgehead atoms. The molecule has 1 fully saturated rings. The molecule has 0 spiro atoms. The second kappa shape index (κ2) is 11.2. The largest absolute Gasteiger partial charge is 0.476 e. The molecule has 0 unspecified atom stereocenters. The molecule has 5 rings (SSSR count). The number of benzene rings is 2. The number of hydrogen-bond acceptors (Lipinski definition) is 8. The molecule has 2 N–H and O–H groups in total. The van der Waals surface area contributed by atoms with Crippen molar-refractivity contribution in [2.75, 3.05) is 44.8 Å². The van der Waals surface area contributed by atoms with Gasteiger partial charge in [0.25, 0.3) is 5.91 Å². The van der Waals surface area contributed by atoms with Crippen molar-refractivity contribution in [1.82, 2.24) is 24.2 Å².